The van der Waals surface area contributed by atoms with Gasteiger partial charge in [0.2, 0.25) is 15.9 Å². The fraction of sp³-hybridized carbons (Fsp3) is 0.222. The number of nitrogens with zero attached hydrogens (tertiary/aromatic N) is 1. The molecule has 0 saturated carbocycles. The lowest BCUT2D eigenvalue weighted by molar-refractivity contribution is -0.116. The van der Waals surface area contributed by atoms with Crippen LogP contribution in [0.25, 0.3) is 0 Å². The molecule has 7 nitrogen and oxygen atoms in total. The third-order valence-corrected chi connectivity index (χ3v) is 5.12. The highest BCUT2D eigenvalue weighted by Crippen LogP contribution is 2.17. The lowest BCUT2D eigenvalue weighted by Gasteiger charge is -2.22. The first-order valence-electron chi connectivity index (χ1n) is 7.86. The second-order valence-corrected chi connectivity index (χ2v) is 7.19. The van der Waals surface area contributed by atoms with Gasteiger partial charge in [-0.15, -0.1) is 0 Å². The maximum atomic E-state index is 12.2. The van der Waals surface area contributed by atoms with E-state index in [2.05, 4.69) is 9.46 Å². The lowest BCUT2D eigenvalue weighted by atomic mass is 10.2. The van der Waals surface area contributed by atoms with Crippen molar-refractivity contribution in [3.63, 3.8) is 0 Å². The lowest BCUT2D eigenvalue weighted by Crippen LogP contribution is -2.37. The molecule has 0 atom stereocenters. The molecule has 8 heteroatoms. The molecule has 2 rings (SSSR count). The molecule has 0 aliphatic heterocycles. The van der Waals surface area contributed by atoms with Crippen LogP contribution in [0.15, 0.2) is 59.5 Å². The third kappa shape index (κ3) is 4.90. The topological polar surface area (TPSA) is 92.8 Å². The highest BCUT2D eigenvalue weighted by Gasteiger charge is 2.17. The molecule has 0 radical (unpaired) electrons. The smallest absolute Gasteiger partial charge is 0.337 e. The Morgan fingerprint density at radius 3 is 2.38 bits per heavy atom. The standard InChI is InChI=1S/C18H20N2O5S/c1-14(21)20(16-8-6-7-15(13-16)18(22)25-2)12-11-19-26(23,24)17-9-4-3-5-10-17/h3-10,13,19H,11-12H2,1-2H3. The molecule has 0 aromatic heterocycles. The minimum atomic E-state index is -3.65. The molecule has 0 bridgehead atoms. The molecular formula is C18H20N2O5S. The number of amides is 1. The maximum Gasteiger partial charge on any atom is 0.337 e. The maximum absolute atomic E-state index is 12.2. The predicted octanol–water partition coefficient (Wildman–Crippen LogP) is 1.80. The average molecular weight is 376 g/mol. The monoisotopic (exact) mass is 376 g/mol. The van der Waals surface area contributed by atoms with Crippen molar-refractivity contribution in [2.45, 2.75) is 11.8 Å². The van der Waals surface area contributed by atoms with Crippen LogP contribution in [0.3, 0.4) is 0 Å². The molecule has 1 amide bonds. The van der Waals surface area contributed by atoms with Crippen LogP contribution in [-0.2, 0) is 19.6 Å². The number of nitrogens with one attached hydrogen (secondary N) is 1. The zero-order valence-corrected chi connectivity index (χ0v) is 15.3. The van der Waals surface area contributed by atoms with E-state index in [1.807, 2.05) is 0 Å². The van der Waals surface area contributed by atoms with Crippen LogP contribution >= 0.6 is 0 Å². The largest absolute Gasteiger partial charge is 0.465 e. The van der Waals surface area contributed by atoms with Crippen molar-refractivity contribution >= 4 is 27.6 Å². The van der Waals surface area contributed by atoms with Gasteiger partial charge in [-0.05, 0) is 30.3 Å². The van der Waals surface area contributed by atoms with E-state index < -0.39 is 16.0 Å². The number of esters is 1. The van der Waals surface area contributed by atoms with Crippen LogP contribution in [0, 0.1) is 0 Å². The number of carbonyl (C=O) groups excluding carboxylic acids is 2. The van der Waals surface area contributed by atoms with Crippen LogP contribution in [0.4, 0.5) is 5.69 Å². The molecule has 0 aliphatic carbocycles. The van der Waals surface area contributed by atoms with Crippen LogP contribution in [0.1, 0.15) is 17.3 Å². The average Bonchev–Trinajstić information content (AvgIpc) is 2.65. The van der Waals surface area contributed by atoms with Crippen LogP contribution in [0.5, 0.6) is 0 Å². The molecule has 2 aromatic rings. The van der Waals surface area contributed by atoms with Gasteiger partial charge in [0.05, 0.1) is 17.6 Å². The Hall–Kier alpha value is -2.71. The van der Waals surface area contributed by atoms with Gasteiger partial charge in [-0.3, -0.25) is 4.79 Å². The summed E-state index contributed by atoms with van der Waals surface area (Å²) in [5.41, 5.74) is 0.792. The summed E-state index contributed by atoms with van der Waals surface area (Å²) in [4.78, 5) is 25.1. The summed E-state index contributed by atoms with van der Waals surface area (Å²) in [6, 6.07) is 14.4. The molecule has 0 heterocycles. The Morgan fingerprint density at radius 1 is 1.08 bits per heavy atom. The number of hydrogen-bond donors (Lipinski definition) is 1. The summed E-state index contributed by atoms with van der Waals surface area (Å²) in [6.45, 7) is 1.52. The number of anilines is 1. The Kier molecular flexibility index (Phi) is 6.48. The number of methoxy groups -OCH3 is 1. The van der Waals surface area contributed by atoms with E-state index in [1.165, 1.54) is 37.1 Å². The van der Waals surface area contributed by atoms with Crippen LogP contribution in [0.2, 0.25) is 0 Å². The molecule has 138 valence electrons. The first-order valence-corrected chi connectivity index (χ1v) is 9.34. The van der Waals surface area contributed by atoms with E-state index in [-0.39, 0.29) is 23.9 Å². The van der Waals surface area contributed by atoms with Crippen LogP contribution in [-0.4, -0.2) is 40.5 Å². The van der Waals surface area contributed by atoms with Gasteiger partial charge in [0, 0.05) is 25.7 Å². The Bertz CT molecular complexity index is 881. The van der Waals surface area contributed by atoms with Crippen LogP contribution < -0.4 is 9.62 Å². The van der Waals surface area contributed by atoms with Gasteiger partial charge in [-0.25, -0.2) is 17.9 Å². The number of benzene rings is 2. The van der Waals surface area contributed by atoms with E-state index in [4.69, 9.17) is 0 Å². The van der Waals surface area contributed by atoms with Gasteiger partial charge in [-0.1, -0.05) is 24.3 Å². The molecule has 0 unspecified atom stereocenters. The first-order chi connectivity index (χ1) is 12.3. The third-order valence-electron chi connectivity index (χ3n) is 3.64. The van der Waals surface area contributed by atoms with Crippen molar-refractivity contribution in [3.05, 3.63) is 60.2 Å². The summed E-state index contributed by atoms with van der Waals surface area (Å²) in [6.07, 6.45) is 0. The SMILES string of the molecule is COC(=O)c1cccc(N(CCNS(=O)(=O)c2ccccc2)C(C)=O)c1. The van der Waals surface area contributed by atoms with Crippen molar-refractivity contribution in [2.24, 2.45) is 0 Å². The Labute approximate surface area is 152 Å². The number of ether oxygens (including phenoxy) is 1. The number of carbonyl (C=O) groups is 2. The fourth-order valence-electron chi connectivity index (χ4n) is 2.36. The molecule has 0 fully saturated rings. The molecule has 1 N–H and O–H groups in total. The van der Waals surface area contributed by atoms with E-state index in [9.17, 15) is 18.0 Å². The summed E-state index contributed by atoms with van der Waals surface area (Å²) in [7, 11) is -2.38. The van der Waals surface area contributed by atoms with Gasteiger partial charge in [0.1, 0.15) is 0 Å². The summed E-state index contributed by atoms with van der Waals surface area (Å²) in [5, 5.41) is 0. The number of sulfonamides is 1. The summed E-state index contributed by atoms with van der Waals surface area (Å²) < 4.78 is 31.6. The van der Waals surface area contributed by atoms with E-state index in [1.54, 1.807) is 36.4 Å². The molecular weight excluding hydrogens is 356 g/mol. The van der Waals surface area contributed by atoms with Crippen molar-refractivity contribution in [1.29, 1.82) is 0 Å². The van der Waals surface area contributed by atoms with Gasteiger partial charge < -0.3 is 9.64 Å². The zero-order chi connectivity index (χ0) is 19.2. The fourth-order valence-corrected chi connectivity index (χ4v) is 3.40. The van der Waals surface area contributed by atoms with E-state index in [0.29, 0.717) is 11.3 Å². The van der Waals surface area contributed by atoms with E-state index in [0.717, 1.165) is 0 Å². The van der Waals surface area contributed by atoms with Crippen molar-refractivity contribution in [3.8, 4) is 0 Å². The summed E-state index contributed by atoms with van der Waals surface area (Å²) in [5.74, 6) is -0.786. The summed E-state index contributed by atoms with van der Waals surface area (Å²) >= 11 is 0. The normalized spacial score (nSPS) is 11.0. The molecule has 0 spiro atoms. The van der Waals surface area contributed by atoms with Crippen molar-refractivity contribution in [1.82, 2.24) is 4.72 Å². The zero-order valence-electron chi connectivity index (χ0n) is 14.5. The van der Waals surface area contributed by atoms with Gasteiger partial charge in [0.15, 0.2) is 0 Å². The Morgan fingerprint density at radius 2 is 1.77 bits per heavy atom. The highest BCUT2D eigenvalue weighted by molar-refractivity contribution is 7.89. The number of rotatable bonds is 7. The van der Waals surface area contributed by atoms with Crippen molar-refractivity contribution < 1.29 is 22.7 Å². The van der Waals surface area contributed by atoms with E-state index >= 15 is 0 Å². The van der Waals surface area contributed by atoms with Crippen molar-refractivity contribution in [2.75, 3.05) is 25.1 Å². The molecule has 0 saturated heterocycles. The van der Waals surface area contributed by atoms with Gasteiger partial charge in [-0.2, -0.15) is 0 Å². The Balaban J connectivity index is 2.10. The minimum absolute atomic E-state index is 0.0270. The van der Waals surface area contributed by atoms with Gasteiger partial charge in [0.25, 0.3) is 0 Å². The quantitative estimate of drug-likeness (QED) is 0.744. The predicted molar refractivity (Wildman–Crippen MR) is 97.4 cm³/mol. The minimum Gasteiger partial charge on any atom is -0.465 e. The number of hydrogen-bond acceptors (Lipinski definition) is 5. The first kappa shape index (κ1) is 19.6. The molecule has 0 aliphatic rings. The second-order valence-electron chi connectivity index (χ2n) is 5.42. The second kappa shape index (κ2) is 8.59. The molecule has 26 heavy (non-hydrogen) atoms. The van der Waals surface area contributed by atoms with Gasteiger partial charge >= 0.3 is 5.97 Å². The highest BCUT2D eigenvalue weighted by atomic mass is 32.2. The molecule has 2 aromatic carbocycles.